The van der Waals surface area contributed by atoms with Gasteiger partial charge in [0.1, 0.15) is 4.90 Å². The Morgan fingerprint density at radius 1 is 1.38 bits per heavy atom. The van der Waals surface area contributed by atoms with Crippen molar-refractivity contribution >= 4 is 10.0 Å². The Morgan fingerprint density at radius 3 is 2.67 bits per heavy atom. The number of hydrogen-bond donors (Lipinski definition) is 2. The Labute approximate surface area is 120 Å². The number of sulfonamides is 1. The smallest absolute Gasteiger partial charge is 0.243 e. The molecule has 1 aromatic carbocycles. The van der Waals surface area contributed by atoms with Crippen LogP contribution in [0.3, 0.4) is 0 Å². The second-order valence-corrected chi connectivity index (χ2v) is 6.09. The molecule has 6 nitrogen and oxygen atoms in total. The molecule has 0 atom stereocenters. The van der Waals surface area contributed by atoms with Gasteiger partial charge in [0.2, 0.25) is 10.0 Å². The predicted molar refractivity (Wildman–Crippen MR) is 69.5 cm³/mol. The molecule has 0 aliphatic heterocycles. The van der Waals surface area contributed by atoms with E-state index in [-0.39, 0.29) is 12.1 Å². The number of rotatable bonds is 5. The summed E-state index contributed by atoms with van der Waals surface area (Å²) in [6.07, 6.45) is 1.62. The highest BCUT2D eigenvalue weighted by Crippen LogP contribution is 2.20. The van der Waals surface area contributed by atoms with E-state index in [1.54, 1.807) is 19.3 Å². The van der Waals surface area contributed by atoms with Crippen molar-refractivity contribution in [1.82, 2.24) is 14.5 Å². The van der Waals surface area contributed by atoms with E-state index in [0.29, 0.717) is 5.69 Å². The molecule has 1 heterocycles. The van der Waals surface area contributed by atoms with Crippen LogP contribution in [0.2, 0.25) is 0 Å². The molecule has 1 aromatic heterocycles. The molecule has 0 aliphatic rings. The van der Waals surface area contributed by atoms with Crippen molar-refractivity contribution in [2.75, 3.05) is 0 Å². The second-order valence-electron chi connectivity index (χ2n) is 4.35. The lowest BCUT2D eigenvalue weighted by atomic mass is 10.2. The van der Waals surface area contributed by atoms with Gasteiger partial charge in [-0.2, -0.15) is 5.10 Å². The fourth-order valence-corrected chi connectivity index (χ4v) is 2.84. The molecule has 2 N–H and O–H groups in total. The Hall–Kier alpha value is -1.84. The molecular weight excluding hydrogens is 304 g/mol. The summed E-state index contributed by atoms with van der Waals surface area (Å²) < 4.78 is 54.6. The minimum Gasteiger partial charge on any atom is -0.392 e. The van der Waals surface area contributed by atoms with Crippen molar-refractivity contribution in [1.29, 1.82) is 0 Å². The van der Waals surface area contributed by atoms with Crippen LogP contribution in [0.5, 0.6) is 0 Å². The summed E-state index contributed by atoms with van der Waals surface area (Å²) in [5, 5.41) is 12.9. The van der Waals surface area contributed by atoms with Gasteiger partial charge in [0.15, 0.2) is 11.6 Å². The van der Waals surface area contributed by atoms with E-state index >= 15 is 0 Å². The molecule has 114 valence electrons. The Kier molecular flexibility index (Phi) is 4.35. The molecule has 0 aliphatic carbocycles. The van der Waals surface area contributed by atoms with Crippen LogP contribution in [-0.4, -0.2) is 23.3 Å². The number of aliphatic hydroxyl groups excluding tert-OH is 1. The van der Waals surface area contributed by atoms with Gasteiger partial charge in [-0.15, -0.1) is 0 Å². The van der Waals surface area contributed by atoms with Crippen LogP contribution in [-0.2, 0) is 30.2 Å². The summed E-state index contributed by atoms with van der Waals surface area (Å²) in [6.45, 7) is -0.756. The maximum Gasteiger partial charge on any atom is 0.243 e. The van der Waals surface area contributed by atoms with Gasteiger partial charge < -0.3 is 5.11 Å². The van der Waals surface area contributed by atoms with Crippen LogP contribution in [0.1, 0.15) is 11.3 Å². The molecule has 9 heteroatoms. The molecule has 0 bridgehead atoms. The van der Waals surface area contributed by atoms with Gasteiger partial charge in [-0.3, -0.25) is 4.68 Å². The van der Waals surface area contributed by atoms with E-state index in [9.17, 15) is 17.2 Å². The Morgan fingerprint density at radius 2 is 2.10 bits per heavy atom. The summed E-state index contributed by atoms with van der Waals surface area (Å²) in [4.78, 5) is -0.845. The molecular formula is C12H13F2N3O3S. The minimum atomic E-state index is -4.26. The molecule has 0 unspecified atom stereocenters. The molecule has 0 radical (unpaired) electrons. The molecule has 0 saturated heterocycles. The molecule has 0 amide bonds. The van der Waals surface area contributed by atoms with E-state index in [1.807, 2.05) is 0 Å². The number of aliphatic hydroxyl groups is 1. The number of benzene rings is 1. The summed E-state index contributed by atoms with van der Waals surface area (Å²) in [5.41, 5.74) is 0.396. The SMILES string of the molecule is Cn1ccc(CNS(=O)(=O)c2cc(CO)cc(F)c2F)n1. The van der Waals surface area contributed by atoms with Crippen LogP contribution < -0.4 is 4.72 Å². The summed E-state index contributed by atoms with van der Waals surface area (Å²) in [6, 6.07) is 3.22. The van der Waals surface area contributed by atoms with E-state index in [2.05, 4.69) is 9.82 Å². The number of hydrogen-bond acceptors (Lipinski definition) is 4. The zero-order valence-electron chi connectivity index (χ0n) is 11.0. The van der Waals surface area contributed by atoms with Crippen LogP contribution in [0.25, 0.3) is 0 Å². The molecule has 2 rings (SSSR count). The zero-order valence-corrected chi connectivity index (χ0v) is 11.9. The Balaban J connectivity index is 2.29. The number of halogens is 2. The van der Waals surface area contributed by atoms with E-state index in [4.69, 9.17) is 5.11 Å². The molecule has 0 spiro atoms. The largest absolute Gasteiger partial charge is 0.392 e. The second kappa shape index (κ2) is 5.88. The zero-order chi connectivity index (χ0) is 15.6. The quantitative estimate of drug-likeness (QED) is 0.849. The summed E-state index contributed by atoms with van der Waals surface area (Å²) in [7, 11) is -2.60. The van der Waals surface area contributed by atoms with Gasteiger partial charge in [0.05, 0.1) is 18.8 Å². The average molecular weight is 317 g/mol. The standard InChI is InChI=1S/C12H13F2N3O3S/c1-17-3-2-9(16-17)6-15-21(19,20)11-5-8(7-18)4-10(13)12(11)14/h2-5,15,18H,6-7H2,1H3. The van der Waals surface area contributed by atoms with Gasteiger partial charge >= 0.3 is 0 Å². The first kappa shape index (κ1) is 15.5. The number of nitrogens with zero attached hydrogens (tertiary/aromatic N) is 2. The van der Waals surface area contributed by atoms with Crippen molar-refractivity contribution < 1.29 is 22.3 Å². The van der Waals surface area contributed by atoms with Crippen molar-refractivity contribution in [2.45, 2.75) is 18.0 Å². The van der Waals surface area contributed by atoms with Gasteiger partial charge in [0, 0.05) is 13.2 Å². The fraction of sp³-hybridized carbons (Fsp3) is 0.250. The van der Waals surface area contributed by atoms with Crippen LogP contribution in [0, 0.1) is 11.6 Å². The van der Waals surface area contributed by atoms with E-state index in [1.165, 1.54) is 4.68 Å². The molecule has 0 saturated carbocycles. The molecule has 2 aromatic rings. The van der Waals surface area contributed by atoms with Gasteiger partial charge in [-0.05, 0) is 23.8 Å². The monoisotopic (exact) mass is 317 g/mol. The van der Waals surface area contributed by atoms with E-state index in [0.717, 1.165) is 12.1 Å². The summed E-state index contributed by atoms with van der Waals surface area (Å²) in [5.74, 6) is -2.82. The van der Waals surface area contributed by atoms with Crippen molar-refractivity contribution in [3.05, 3.63) is 47.3 Å². The van der Waals surface area contributed by atoms with Crippen LogP contribution in [0.15, 0.2) is 29.3 Å². The maximum absolute atomic E-state index is 13.6. The van der Waals surface area contributed by atoms with Crippen LogP contribution in [0.4, 0.5) is 8.78 Å². The first-order chi connectivity index (χ1) is 9.83. The first-order valence-electron chi connectivity index (χ1n) is 5.90. The molecule has 21 heavy (non-hydrogen) atoms. The van der Waals surface area contributed by atoms with Gasteiger partial charge in [-0.1, -0.05) is 0 Å². The fourth-order valence-electron chi connectivity index (χ4n) is 1.71. The minimum absolute atomic E-state index is 0.0351. The van der Waals surface area contributed by atoms with Crippen molar-refractivity contribution in [3.8, 4) is 0 Å². The summed E-state index contributed by atoms with van der Waals surface area (Å²) >= 11 is 0. The third-order valence-corrected chi connectivity index (χ3v) is 4.14. The first-order valence-corrected chi connectivity index (χ1v) is 7.39. The highest BCUT2D eigenvalue weighted by atomic mass is 32.2. The lowest BCUT2D eigenvalue weighted by molar-refractivity contribution is 0.280. The van der Waals surface area contributed by atoms with E-state index < -0.39 is 33.2 Å². The van der Waals surface area contributed by atoms with Crippen molar-refractivity contribution in [2.24, 2.45) is 7.05 Å². The third-order valence-electron chi connectivity index (χ3n) is 2.74. The average Bonchev–Trinajstić information content (AvgIpc) is 2.85. The lowest BCUT2D eigenvalue weighted by Gasteiger charge is -2.09. The van der Waals surface area contributed by atoms with Gasteiger partial charge in [-0.25, -0.2) is 21.9 Å². The normalized spacial score (nSPS) is 11.8. The highest BCUT2D eigenvalue weighted by molar-refractivity contribution is 7.89. The maximum atomic E-state index is 13.6. The van der Waals surface area contributed by atoms with Crippen LogP contribution >= 0.6 is 0 Å². The number of nitrogens with one attached hydrogen (secondary N) is 1. The third kappa shape index (κ3) is 3.43. The van der Waals surface area contributed by atoms with Crippen molar-refractivity contribution in [3.63, 3.8) is 0 Å². The van der Waals surface area contributed by atoms with Gasteiger partial charge in [0.25, 0.3) is 0 Å². The molecule has 0 fully saturated rings. The predicted octanol–water partition coefficient (Wildman–Crippen LogP) is 0.669. The highest BCUT2D eigenvalue weighted by Gasteiger charge is 2.23. The lowest BCUT2D eigenvalue weighted by Crippen LogP contribution is -2.25. The topological polar surface area (TPSA) is 84.2 Å². The number of aryl methyl sites for hydroxylation is 1. The Bertz CT molecular complexity index is 759. The number of aromatic nitrogens is 2.